The number of carbonyl (C=O) groups excluding carboxylic acids is 1. The first-order valence-corrected chi connectivity index (χ1v) is 6.62. The summed E-state index contributed by atoms with van der Waals surface area (Å²) in [6.07, 6.45) is 0.0606. The molecular weight excluding hydrogens is 252 g/mol. The molecule has 0 aliphatic carbocycles. The van der Waals surface area contributed by atoms with Gasteiger partial charge in [-0.05, 0) is 25.1 Å². The fraction of sp³-hybridized carbons (Fsp3) is 0.235. The monoisotopic (exact) mass is 268 g/mol. The number of Topliss-reactive ketones (excluding diaryl/α,β-unsaturated/α-hetero) is 1. The van der Waals surface area contributed by atoms with Crippen LogP contribution in [0.4, 0.5) is 0 Å². The maximum absolute atomic E-state index is 12.3. The van der Waals surface area contributed by atoms with E-state index in [1.54, 1.807) is 7.11 Å². The SMILES string of the molecule is COc1ccccc1C1CC(=O)c2cc(C)ccc2O1. The van der Waals surface area contributed by atoms with Gasteiger partial charge in [-0.1, -0.05) is 29.8 Å². The number of hydrogen-bond donors (Lipinski definition) is 0. The van der Waals surface area contributed by atoms with Gasteiger partial charge in [0.1, 0.15) is 17.6 Å². The third kappa shape index (κ3) is 2.16. The van der Waals surface area contributed by atoms with E-state index in [4.69, 9.17) is 9.47 Å². The summed E-state index contributed by atoms with van der Waals surface area (Å²) in [5.41, 5.74) is 2.65. The van der Waals surface area contributed by atoms with E-state index >= 15 is 0 Å². The fourth-order valence-corrected chi connectivity index (χ4v) is 2.54. The van der Waals surface area contributed by atoms with Gasteiger partial charge in [-0.2, -0.15) is 0 Å². The van der Waals surface area contributed by atoms with Crippen LogP contribution in [-0.4, -0.2) is 12.9 Å². The molecule has 0 fully saturated rings. The fourth-order valence-electron chi connectivity index (χ4n) is 2.54. The van der Waals surface area contributed by atoms with Crippen LogP contribution < -0.4 is 9.47 Å². The van der Waals surface area contributed by atoms with Crippen molar-refractivity contribution in [1.82, 2.24) is 0 Å². The number of ketones is 1. The molecule has 3 nitrogen and oxygen atoms in total. The first-order valence-electron chi connectivity index (χ1n) is 6.62. The van der Waals surface area contributed by atoms with Crippen molar-refractivity contribution >= 4 is 5.78 Å². The van der Waals surface area contributed by atoms with Gasteiger partial charge in [-0.25, -0.2) is 0 Å². The summed E-state index contributed by atoms with van der Waals surface area (Å²) in [4.78, 5) is 12.3. The molecule has 1 unspecified atom stereocenters. The topological polar surface area (TPSA) is 35.5 Å². The van der Waals surface area contributed by atoms with Gasteiger partial charge in [-0.3, -0.25) is 4.79 Å². The molecule has 0 aromatic heterocycles. The van der Waals surface area contributed by atoms with Crippen molar-refractivity contribution in [3.63, 3.8) is 0 Å². The summed E-state index contributed by atoms with van der Waals surface area (Å²) in [6.45, 7) is 1.97. The van der Waals surface area contributed by atoms with Crippen molar-refractivity contribution in [2.75, 3.05) is 7.11 Å². The molecule has 20 heavy (non-hydrogen) atoms. The highest BCUT2D eigenvalue weighted by molar-refractivity contribution is 6.00. The Morgan fingerprint density at radius 3 is 2.80 bits per heavy atom. The van der Waals surface area contributed by atoms with E-state index < -0.39 is 0 Å². The third-order valence-electron chi connectivity index (χ3n) is 3.56. The van der Waals surface area contributed by atoms with E-state index in [0.717, 1.165) is 16.9 Å². The summed E-state index contributed by atoms with van der Waals surface area (Å²) < 4.78 is 11.3. The van der Waals surface area contributed by atoms with Crippen molar-refractivity contribution in [3.8, 4) is 11.5 Å². The van der Waals surface area contributed by atoms with Crippen LogP contribution >= 0.6 is 0 Å². The van der Waals surface area contributed by atoms with Crippen LogP contribution in [0.25, 0.3) is 0 Å². The Morgan fingerprint density at radius 2 is 2.00 bits per heavy atom. The van der Waals surface area contributed by atoms with Crippen molar-refractivity contribution in [1.29, 1.82) is 0 Å². The number of aryl methyl sites for hydroxylation is 1. The molecule has 1 heterocycles. The molecule has 1 aliphatic rings. The maximum Gasteiger partial charge on any atom is 0.170 e. The number of fused-ring (bicyclic) bond motifs is 1. The minimum atomic E-state index is -0.283. The van der Waals surface area contributed by atoms with E-state index in [-0.39, 0.29) is 11.9 Å². The Hall–Kier alpha value is -2.29. The van der Waals surface area contributed by atoms with Gasteiger partial charge in [-0.15, -0.1) is 0 Å². The van der Waals surface area contributed by atoms with Gasteiger partial charge in [0.05, 0.1) is 19.1 Å². The summed E-state index contributed by atoms with van der Waals surface area (Å²) in [7, 11) is 1.63. The number of para-hydroxylation sites is 1. The zero-order chi connectivity index (χ0) is 14.1. The average Bonchev–Trinajstić information content (AvgIpc) is 2.47. The second-order valence-corrected chi connectivity index (χ2v) is 4.98. The molecule has 0 N–H and O–H groups in total. The van der Waals surface area contributed by atoms with Crippen LogP contribution in [0, 0.1) is 6.92 Å². The van der Waals surface area contributed by atoms with E-state index in [1.165, 1.54) is 0 Å². The third-order valence-corrected chi connectivity index (χ3v) is 3.56. The Labute approximate surface area is 118 Å². The highest BCUT2D eigenvalue weighted by Crippen LogP contribution is 2.38. The molecule has 3 rings (SSSR count). The highest BCUT2D eigenvalue weighted by atomic mass is 16.5. The zero-order valence-electron chi connectivity index (χ0n) is 11.6. The Bertz CT molecular complexity index is 661. The molecule has 0 radical (unpaired) electrons. The number of methoxy groups -OCH3 is 1. The highest BCUT2D eigenvalue weighted by Gasteiger charge is 2.29. The van der Waals surface area contributed by atoms with Gasteiger partial charge in [0.15, 0.2) is 5.78 Å². The largest absolute Gasteiger partial charge is 0.496 e. The van der Waals surface area contributed by atoms with Crippen LogP contribution in [0.1, 0.15) is 34.0 Å². The summed E-state index contributed by atoms with van der Waals surface area (Å²) >= 11 is 0. The van der Waals surface area contributed by atoms with Crippen LogP contribution in [0.3, 0.4) is 0 Å². The molecular formula is C17H16O3. The van der Waals surface area contributed by atoms with Gasteiger partial charge >= 0.3 is 0 Å². The predicted octanol–water partition coefficient (Wildman–Crippen LogP) is 3.71. The molecule has 2 aromatic carbocycles. The van der Waals surface area contributed by atoms with Gasteiger partial charge in [0, 0.05) is 5.56 Å². The molecule has 0 saturated carbocycles. The number of carbonyl (C=O) groups is 1. The summed E-state index contributed by atoms with van der Waals surface area (Å²) in [5, 5.41) is 0. The van der Waals surface area contributed by atoms with Crippen LogP contribution in [0.5, 0.6) is 11.5 Å². The standard InChI is InChI=1S/C17H16O3/c1-11-7-8-16-13(9-11)14(18)10-17(20-16)12-5-3-4-6-15(12)19-2/h3-9,17H,10H2,1-2H3. The number of hydrogen-bond acceptors (Lipinski definition) is 3. The lowest BCUT2D eigenvalue weighted by molar-refractivity contribution is 0.0847. The van der Waals surface area contributed by atoms with Crippen LogP contribution in [-0.2, 0) is 0 Å². The van der Waals surface area contributed by atoms with Crippen molar-refractivity contribution in [2.24, 2.45) is 0 Å². The molecule has 102 valence electrons. The zero-order valence-corrected chi connectivity index (χ0v) is 11.6. The molecule has 1 aliphatic heterocycles. The van der Waals surface area contributed by atoms with Gasteiger partial charge < -0.3 is 9.47 Å². The minimum absolute atomic E-state index is 0.117. The second-order valence-electron chi connectivity index (χ2n) is 4.98. The van der Waals surface area contributed by atoms with Crippen molar-refractivity contribution in [3.05, 3.63) is 59.2 Å². The molecule has 0 spiro atoms. The van der Waals surface area contributed by atoms with Gasteiger partial charge in [0.25, 0.3) is 0 Å². The smallest absolute Gasteiger partial charge is 0.170 e. The average molecular weight is 268 g/mol. The molecule has 0 bridgehead atoms. The Balaban J connectivity index is 1.99. The van der Waals surface area contributed by atoms with Crippen LogP contribution in [0.2, 0.25) is 0 Å². The minimum Gasteiger partial charge on any atom is -0.496 e. The lowest BCUT2D eigenvalue weighted by atomic mass is 9.95. The molecule has 1 atom stereocenters. The van der Waals surface area contributed by atoms with E-state index in [9.17, 15) is 4.79 Å². The number of benzene rings is 2. The van der Waals surface area contributed by atoms with E-state index in [2.05, 4.69) is 0 Å². The normalized spacial score (nSPS) is 17.3. The Morgan fingerprint density at radius 1 is 1.20 bits per heavy atom. The first-order chi connectivity index (χ1) is 9.69. The Kier molecular flexibility index (Phi) is 3.18. The maximum atomic E-state index is 12.3. The summed E-state index contributed by atoms with van der Waals surface area (Å²) in [5.74, 6) is 1.52. The first kappa shape index (κ1) is 12.7. The predicted molar refractivity (Wildman–Crippen MR) is 76.5 cm³/mol. The lowest BCUT2D eigenvalue weighted by Crippen LogP contribution is -2.20. The molecule has 3 heteroatoms. The lowest BCUT2D eigenvalue weighted by Gasteiger charge is -2.26. The quantitative estimate of drug-likeness (QED) is 0.833. The van der Waals surface area contributed by atoms with E-state index in [1.807, 2.05) is 49.4 Å². The van der Waals surface area contributed by atoms with Crippen molar-refractivity contribution in [2.45, 2.75) is 19.4 Å². The van der Waals surface area contributed by atoms with Crippen molar-refractivity contribution < 1.29 is 14.3 Å². The van der Waals surface area contributed by atoms with Crippen LogP contribution in [0.15, 0.2) is 42.5 Å². The van der Waals surface area contributed by atoms with Gasteiger partial charge in [0.2, 0.25) is 0 Å². The molecule has 0 amide bonds. The van der Waals surface area contributed by atoms with E-state index in [0.29, 0.717) is 17.7 Å². The summed E-state index contributed by atoms with van der Waals surface area (Å²) in [6, 6.07) is 13.4. The second kappa shape index (κ2) is 5.00. The molecule has 0 saturated heterocycles. The number of rotatable bonds is 2. The molecule has 2 aromatic rings. The number of ether oxygens (including phenoxy) is 2.